The van der Waals surface area contributed by atoms with E-state index in [2.05, 4.69) is 0 Å². The molecule has 1 aromatic rings. The predicted octanol–water partition coefficient (Wildman–Crippen LogP) is 2.99. The highest BCUT2D eigenvalue weighted by molar-refractivity contribution is 6.06. The van der Waals surface area contributed by atoms with E-state index in [1.165, 1.54) is 12.0 Å². The normalized spacial score (nSPS) is 23.5. The molecular weight excluding hydrogens is 334 g/mol. The number of methoxy groups -OCH3 is 1. The minimum absolute atomic E-state index is 0.0888. The van der Waals surface area contributed by atoms with Crippen LogP contribution in [0.3, 0.4) is 0 Å². The molecule has 1 aromatic carbocycles. The van der Waals surface area contributed by atoms with Crippen molar-refractivity contribution < 1.29 is 23.9 Å². The Morgan fingerprint density at radius 3 is 2.38 bits per heavy atom. The smallest absolute Gasteiger partial charge is 0.410 e. The first-order valence-corrected chi connectivity index (χ1v) is 8.77. The quantitative estimate of drug-likeness (QED) is 0.611. The average molecular weight is 361 g/mol. The monoisotopic (exact) mass is 361 g/mol. The van der Waals surface area contributed by atoms with Crippen molar-refractivity contribution in [3.05, 3.63) is 35.9 Å². The van der Waals surface area contributed by atoms with Gasteiger partial charge in [0.2, 0.25) is 0 Å². The number of hydrogen-bond donors (Lipinski definition) is 0. The van der Waals surface area contributed by atoms with Crippen LogP contribution in [0.1, 0.15) is 39.7 Å². The number of piperidine rings is 1. The first-order chi connectivity index (χ1) is 12.1. The van der Waals surface area contributed by atoms with Crippen LogP contribution in [0.5, 0.6) is 0 Å². The van der Waals surface area contributed by atoms with Crippen molar-refractivity contribution in [3.63, 3.8) is 0 Å². The molecule has 26 heavy (non-hydrogen) atoms. The number of hydrogen-bond acceptors (Lipinski definition) is 5. The fourth-order valence-corrected chi connectivity index (χ4v) is 3.41. The zero-order chi connectivity index (χ0) is 19.5. The molecule has 1 aliphatic heterocycles. The third-order valence-electron chi connectivity index (χ3n) is 4.76. The molecule has 1 saturated heterocycles. The van der Waals surface area contributed by atoms with E-state index in [4.69, 9.17) is 9.47 Å². The van der Waals surface area contributed by atoms with E-state index in [1.54, 1.807) is 27.7 Å². The molecule has 0 aliphatic carbocycles. The first kappa shape index (κ1) is 19.9. The molecule has 1 amide bonds. The van der Waals surface area contributed by atoms with E-state index in [1.807, 2.05) is 30.3 Å². The number of ether oxygens (including phenoxy) is 2. The number of benzene rings is 1. The lowest BCUT2D eigenvalue weighted by atomic mass is 9.68. The highest BCUT2D eigenvalue weighted by atomic mass is 16.6. The van der Waals surface area contributed by atoms with Crippen molar-refractivity contribution in [2.75, 3.05) is 13.7 Å². The molecule has 2 unspecified atom stereocenters. The van der Waals surface area contributed by atoms with Gasteiger partial charge in [-0.1, -0.05) is 30.3 Å². The summed E-state index contributed by atoms with van der Waals surface area (Å²) in [5, 5.41) is 0. The van der Waals surface area contributed by atoms with Gasteiger partial charge in [-0.15, -0.1) is 0 Å². The molecule has 0 saturated carbocycles. The number of carbonyl (C=O) groups is 3. The van der Waals surface area contributed by atoms with E-state index >= 15 is 0 Å². The molecule has 6 heteroatoms. The Bertz CT molecular complexity index is 669. The lowest BCUT2D eigenvalue weighted by Gasteiger charge is -2.45. The highest BCUT2D eigenvalue weighted by Crippen LogP contribution is 2.38. The van der Waals surface area contributed by atoms with Crippen molar-refractivity contribution in [1.82, 2.24) is 4.90 Å². The molecule has 1 heterocycles. The second-order valence-corrected chi connectivity index (χ2v) is 7.65. The van der Waals surface area contributed by atoms with Crippen LogP contribution in [0.4, 0.5) is 4.79 Å². The molecule has 2 rings (SSSR count). The zero-order valence-corrected chi connectivity index (χ0v) is 16.1. The molecule has 0 spiro atoms. The molecule has 0 aromatic heterocycles. The Labute approximate surface area is 154 Å². The van der Waals surface area contributed by atoms with Gasteiger partial charge in [-0.05, 0) is 39.7 Å². The summed E-state index contributed by atoms with van der Waals surface area (Å²) in [6.45, 7) is 7.27. The number of carbonyl (C=O) groups excluding carboxylic acids is 3. The topological polar surface area (TPSA) is 72.9 Å². The molecule has 0 N–H and O–H groups in total. The number of Topliss-reactive ketones (excluding diaryl/α,β-unsaturated/α-hetero) is 1. The third-order valence-corrected chi connectivity index (χ3v) is 4.76. The van der Waals surface area contributed by atoms with Crippen molar-refractivity contribution in [3.8, 4) is 0 Å². The van der Waals surface area contributed by atoms with E-state index < -0.39 is 29.1 Å². The van der Waals surface area contributed by atoms with Crippen LogP contribution in [0.15, 0.2) is 30.3 Å². The van der Waals surface area contributed by atoms with Gasteiger partial charge in [0.15, 0.2) is 11.2 Å². The van der Waals surface area contributed by atoms with E-state index in [-0.39, 0.29) is 25.2 Å². The summed E-state index contributed by atoms with van der Waals surface area (Å²) in [7, 11) is 1.27. The maximum atomic E-state index is 12.9. The Kier molecular flexibility index (Phi) is 5.74. The lowest BCUT2D eigenvalue weighted by molar-refractivity contribution is -0.165. The largest absolute Gasteiger partial charge is 0.468 e. The summed E-state index contributed by atoms with van der Waals surface area (Å²) in [5.41, 5.74) is -1.26. The molecule has 2 atom stereocenters. The standard InChI is InChI=1S/C20H27NO5/c1-14-20(17(23)25-5,13-15-9-7-6-8-10-15)16(22)11-12-21(14)18(24)26-19(2,3)4/h6-10,14H,11-13H2,1-5H3. The fourth-order valence-electron chi connectivity index (χ4n) is 3.41. The van der Waals surface area contributed by atoms with E-state index in [9.17, 15) is 14.4 Å². The molecule has 142 valence electrons. The summed E-state index contributed by atoms with van der Waals surface area (Å²) in [5.74, 6) is -0.826. The molecule has 0 bridgehead atoms. The molecule has 0 radical (unpaired) electrons. The van der Waals surface area contributed by atoms with Crippen molar-refractivity contribution in [2.24, 2.45) is 5.41 Å². The van der Waals surface area contributed by atoms with Crippen molar-refractivity contribution >= 4 is 17.8 Å². The lowest BCUT2D eigenvalue weighted by Crippen LogP contribution is -2.62. The summed E-state index contributed by atoms with van der Waals surface area (Å²) in [4.78, 5) is 39.7. The predicted molar refractivity (Wildman–Crippen MR) is 96.6 cm³/mol. The number of rotatable bonds is 3. The van der Waals surface area contributed by atoms with Crippen LogP contribution in [0, 0.1) is 5.41 Å². The number of amides is 1. The Balaban J connectivity index is 2.42. The SMILES string of the molecule is COC(=O)C1(Cc2ccccc2)C(=O)CCN(C(=O)OC(C)(C)C)C1C. The highest BCUT2D eigenvalue weighted by Gasteiger charge is 2.56. The zero-order valence-electron chi connectivity index (χ0n) is 16.1. The summed E-state index contributed by atoms with van der Waals surface area (Å²) < 4.78 is 10.5. The molecular formula is C20H27NO5. The van der Waals surface area contributed by atoms with Crippen LogP contribution in [-0.2, 0) is 25.5 Å². The van der Waals surface area contributed by atoms with Crippen LogP contribution in [0.2, 0.25) is 0 Å². The van der Waals surface area contributed by atoms with Gasteiger partial charge in [0, 0.05) is 13.0 Å². The van der Waals surface area contributed by atoms with Gasteiger partial charge in [0.1, 0.15) is 5.60 Å². The summed E-state index contributed by atoms with van der Waals surface area (Å²) >= 11 is 0. The van der Waals surface area contributed by atoms with Crippen LogP contribution >= 0.6 is 0 Å². The Hall–Kier alpha value is -2.37. The number of likely N-dealkylation sites (tertiary alicyclic amines) is 1. The fraction of sp³-hybridized carbons (Fsp3) is 0.550. The van der Waals surface area contributed by atoms with Gasteiger partial charge in [0.05, 0.1) is 13.2 Å². The van der Waals surface area contributed by atoms with Crippen LogP contribution in [0.25, 0.3) is 0 Å². The second kappa shape index (κ2) is 7.48. The Morgan fingerprint density at radius 1 is 1.23 bits per heavy atom. The van der Waals surface area contributed by atoms with Gasteiger partial charge < -0.3 is 14.4 Å². The van der Waals surface area contributed by atoms with Crippen LogP contribution < -0.4 is 0 Å². The number of ketones is 1. The van der Waals surface area contributed by atoms with Crippen LogP contribution in [-0.4, -0.2) is 48.0 Å². The summed E-state index contributed by atoms with van der Waals surface area (Å²) in [6, 6.07) is 8.61. The second-order valence-electron chi connectivity index (χ2n) is 7.65. The maximum Gasteiger partial charge on any atom is 0.410 e. The van der Waals surface area contributed by atoms with Crippen molar-refractivity contribution in [2.45, 2.75) is 52.2 Å². The van der Waals surface area contributed by atoms with Gasteiger partial charge in [-0.3, -0.25) is 9.59 Å². The van der Waals surface area contributed by atoms with Gasteiger partial charge in [-0.25, -0.2) is 4.79 Å². The summed E-state index contributed by atoms with van der Waals surface area (Å²) in [6.07, 6.45) is -0.260. The number of nitrogens with zero attached hydrogens (tertiary/aromatic N) is 1. The number of esters is 1. The maximum absolute atomic E-state index is 12.9. The average Bonchev–Trinajstić information content (AvgIpc) is 2.57. The minimum atomic E-state index is -1.44. The van der Waals surface area contributed by atoms with Gasteiger partial charge in [-0.2, -0.15) is 0 Å². The van der Waals surface area contributed by atoms with E-state index in [0.29, 0.717) is 0 Å². The first-order valence-electron chi connectivity index (χ1n) is 8.77. The van der Waals surface area contributed by atoms with E-state index in [0.717, 1.165) is 5.56 Å². The minimum Gasteiger partial charge on any atom is -0.468 e. The third kappa shape index (κ3) is 3.89. The van der Waals surface area contributed by atoms with Gasteiger partial charge in [0.25, 0.3) is 0 Å². The Morgan fingerprint density at radius 2 is 1.85 bits per heavy atom. The molecule has 1 aliphatic rings. The van der Waals surface area contributed by atoms with Crippen molar-refractivity contribution in [1.29, 1.82) is 0 Å². The van der Waals surface area contributed by atoms with Gasteiger partial charge >= 0.3 is 12.1 Å². The molecule has 1 fully saturated rings. The molecule has 6 nitrogen and oxygen atoms in total.